The number of rotatable bonds is 6. The average Bonchev–Trinajstić information content (AvgIpc) is 2.87. The number of aliphatic hydroxyl groups excluding tert-OH is 4. The van der Waals surface area contributed by atoms with Crippen LogP contribution in [0.1, 0.15) is 11.7 Å². The first-order valence-electron chi connectivity index (χ1n) is 10.7. The summed E-state index contributed by atoms with van der Waals surface area (Å²) >= 11 is 0. The molecule has 0 spiro atoms. The fourth-order valence-electron chi connectivity index (χ4n) is 4.21. The van der Waals surface area contributed by atoms with E-state index >= 15 is 0 Å². The van der Waals surface area contributed by atoms with E-state index in [1.165, 1.54) is 33.5 Å². The van der Waals surface area contributed by atoms with Crippen LogP contribution in [0.5, 0.6) is 23.0 Å². The third-order valence-corrected chi connectivity index (χ3v) is 6.06. The molecule has 188 valence electrons. The quantitative estimate of drug-likeness (QED) is 0.330. The van der Waals surface area contributed by atoms with Crippen LogP contribution in [0.2, 0.25) is 0 Å². The second-order valence-electron chi connectivity index (χ2n) is 8.01. The first-order valence-corrected chi connectivity index (χ1v) is 10.7. The highest BCUT2D eigenvalue weighted by Gasteiger charge is 2.46. The SMILES string of the molecule is COc1ccc(-c2cc(=O)c3c(O)c([C@@H]4O[C@H](CO)[C@@H](O)[C@H](O)[C@H]4O)c(OC)cc3o2)cc1OC. The van der Waals surface area contributed by atoms with Crippen molar-refractivity contribution in [3.8, 4) is 34.3 Å². The van der Waals surface area contributed by atoms with Crippen molar-refractivity contribution in [3.63, 3.8) is 0 Å². The number of hydrogen-bond acceptors (Lipinski definition) is 11. The normalized spacial score (nSPS) is 24.4. The van der Waals surface area contributed by atoms with Gasteiger partial charge in [0.25, 0.3) is 0 Å². The fraction of sp³-hybridized carbons (Fsp3) is 0.375. The number of fused-ring (bicyclic) bond motifs is 1. The Labute approximate surface area is 199 Å². The third-order valence-electron chi connectivity index (χ3n) is 6.06. The lowest BCUT2D eigenvalue weighted by Crippen LogP contribution is -2.55. The van der Waals surface area contributed by atoms with Crippen molar-refractivity contribution in [1.82, 2.24) is 0 Å². The molecule has 1 aliphatic heterocycles. The molecule has 11 heteroatoms. The zero-order valence-corrected chi connectivity index (χ0v) is 19.2. The maximum Gasteiger partial charge on any atom is 0.197 e. The van der Waals surface area contributed by atoms with Gasteiger partial charge in [-0.3, -0.25) is 4.79 Å². The predicted molar refractivity (Wildman–Crippen MR) is 122 cm³/mol. The summed E-state index contributed by atoms with van der Waals surface area (Å²) in [4.78, 5) is 13.1. The van der Waals surface area contributed by atoms with E-state index < -0.39 is 48.3 Å². The highest BCUT2D eigenvalue weighted by molar-refractivity contribution is 5.88. The second kappa shape index (κ2) is 9.72. The molecule has 1 aromatic heterocycles. The second-order valence-corrected chi connectivity index (χ2v) is 8.01. The maximum atomic E-state index is 13.1. The standard InChI is InChI=1S/C24H26O11/c1-31-12-5-4-10(6-14(12)32-2)13-7-11(26)18-16(34-13)8-15(33-3)19(21(18)28)24-23(30)22(29)20(27)17(9-25)35-24/h4-8,17,20,22-25,27-30H,9H2,1-3H3/t17-,20-,22+,23-,24+/m1/s1. The van der Waals surface area contributed by atoms with Gasteiger partial charge >= 0.3 is 0 Å². The first-order chi connectivity index (χ1) is 16.7. The van der Waals surface area contributed by atoms with E-state index in [4.69, 9.17) is 23.4 Å². The van der Waals surface area contributed by atoms with Gasteiger partial charge in [-0.15, -0.1) is 0 Å². The van der Waals surface area contributed by atoms with Crippen molar-refractivity contribution in [3.05, 3.63) is 46.1 Å². The average molecular weight is 490 g/mol. The van der Waals surface area contributed by atoms with E-state index in [1.54, 1.807) is 18.2 Å². The summed E-state index contributed by atoms with van der Waals surface area (Å²) < 4.78 is 27.4. The van der Waals surface area contributed by atoms with Crippen LogP contribution in [0.4, 0.5) is 0 Å². The van der Waals surface area contributed by atoms with E-state index in [1.807, 2.05) is 0 Å². The monoisotopic (exact) mass is 490 g/mol. The third kappa shape index (κ3) is 4.17. The molecule has 0 amide bonds. The molecule has 4 rings (SSSR count). The lowest BCUT2D eigenvalue weighted by atomic mass is 9.89. The van der Waals surface area contributed by atoms with Gasteiger partial charge in [-0.1, -0.05) is 0 Å². The van der Waals surface area contributed by atoms with Crippen molar-refractivity contribution < 1.29 is 48.9 Å². The van der Waals surface area contributed by atoms with Gasteiger partial charge < -0.3 is 48.9 Å². The zero-order chi connectivity index (χ0) is 25.4. The van der Waals surface area contributed by atoms with Crippen LogP contribution in [0.25, 0.3) is 22.3 Å². The van der Waals surface area contributed by atoms with E-state index in [0.29, 0.717) is 17.1 Å². The number of benzene rings is 2. The number of phenols is 1. The Kier molecular flexibility index (Phi) is 6.88. The summed E-state index contributed by atoms with van der Waals surface area (Å²) in [5.74, 6) is 0.503. The van der Waals surface area contributed by atoms with Crippen molar-refractivity contribution >= 4 is 11.0 Å². The van der Waals surface area contributed by atoms with Gasteiger partial charge in [-0.2, -0.15) is 0 Å². The van der Waals surface area contributed by atoms with E-state index in [0.717, 1.165) is 0 Å². The zero-order valence-electron chi connectivity index (χ0n) is 19.2. The van der Waals surface area contributed by atoms with Crippen LogP contribution in [0.15, 0.2) is 39.5 Å². The summed E-state index contributed by atoms with van der Waals surface area (Å²) in [6.45, 7) is -0.658. The molecule has 0 unspecified atom stereocenters. The molecule has 1 saturated heterocycles. The number of phenolic OH excluding ortho intramolecular Hbond substituents is 1. The van der Waals surface area contributed by atoms with E-state index in [-0.39, 0.29) is 28.0 Å². The van der Waals surface area contributed by atoms with Gasteiger partial charge in [0.15, 0.2) is 16.9 Å². The number of hydrogen-bond donors (Lipinski definition) is 5. The molecule has 11 nitrogen and oxygen atoms in total. The van der Waals surface area contributed by atoms with Gasteiger partial charge in [-0.25, -0.2) is 0 Å². The number of aromatic hydroxyl groups is 1. The Morgan fingerprint density at radius 3 is 2.20 bits per heavy atom. The Morgan fingerprint density at radius 2 is 1.57 bits per heavy atom. The lowest BCUT2D eigenvalue weighted by molar-refractivity contribution is -0.232. The van der Waals surface area contributed by atoms with Crippen molar-refractivity contribution in [2.45, 2.75) is 30.5 Å². The molecular weight excluding hydrogens is 464 g/mol. The van der Waals surface area contributed by atoms with Gasteiger partial charge in [-0.05, 0) is 18.2 Å². The molecule has 5 N–H and O–H groups in total. The molecule has 0 saturated carbocycles. The molecular formula is C24H26O11. The summed E-state index contributed by atoms with van der Waals surface area (Å²) in [6, 6.07) is 7.48. The maximum absolute atomic E-state index is 13.1. The minimum Gasteiger partial charge on any atom is -0.506 e. The molecule has 2 aromatic carbocycles. The highest BCUT2D eigenvalue weighted by atomic mass is 16.5. The van der Waals surface area contributed by atoms with Gasteiger partial charge in [0.2, 0.25) is 0 Å². The van der Waals surface area contributed by atoms with Crippen LogP contribution in [0.3, 0.4) is 0 Å². The van der Waals surface area contributed by atoms with Crippen molar-refractivity contribution in [2.75, 3.05) is 27.9 Å². The van der Waals surface area contributed by atoms with E-state index in [9.17, 15) is 30.3 Å². The molecule has 1 aliphatic rings. The van der Waals surface area contributed by atoms with Crippen molar-refractivity contribution in [1.29, 1.82) is 0 Å². The Morgan fingerprint density at radius 1 is 0.886 bits per heavy atom. The van der Waals surface area contributed by atoms with Gasteiger partial charge in [0.1, 0.15) is 58.7 Å². The van der Waals surface area contributed by atoms with Gasteiger partial charge in [0, 0.05) is 17.7 Å². The Hall–Kier alpha value is -3.35. The molecule has 0 bridgehead atoms. The molecule has 2 heterocycles. The Bertz CT molecular complexity index is 1280. The summed E-state index contributed by atoms with van der Waals surface area (Å²) in [6.07, 6.45) is -7.61. The van der Waals surface area contributed by atoms with Crippen LogP contribution in [-0.4, -0.2) is 77.9 Å². The predicted octanol–water partition coefficient (Wildman–Crippen LogP) is 0.706. The van der Waals surface area contributed by atoms with Crippen LogP contribution in [-0.2, 0) is 4.74 Å². The molecule has 1 fully saturated rings. The number of ether oxygens (including phenoxy) is 4. The summed E-state index contributed by atoms with van der Waals surface area (Å²) in [7, 11) is 4.27. The van der Waals surface area contributed by atoms with Crippen LogP contribution in [0, 0.1) is 0 Å². The molecule has 35 heavy (non-hydrogen) atoms. The Balaban J connectivity index is 1.87. The molecule has 0 radical (unpaired) electrons. The van der Waals surface area contributed by atoms with Gasteiger partial charge in [0.05, 0.1) is 33.5 Å². The fourth-order valence-corrected chi connectivity index (χ4v) is 4.21. The smallest absolute Gasteiger partial charge is 0.197 e. The molecule has 0 aliphatic carbocycles. The largest absolute Gasteiger partial charge is 0.506 e. The lowest BCUT2D eigenvalue weighted by Gasteiger charge is -2.40. The van der Waals surface area contributed by atoms with Crippen molar-refractivity contribution in [2.24, 2.45) is 0 Å². The summed E-state index contributed by atoms with van der Waals surface area (Å²) in [5, 5.41) is 51.1. The summed E-state index contributed by atoms with van der Waals surface area (Å²) in [5.41, 5.74) is -0.229. The molecule has 3 aromatic rings. The van der Waals surface area contributed by atoms with E-state index in [2.05, 4.69) is 0 Å². The number of aliphatic hydroxyl groups is 4. The first kappa shape index (κ1) is 24.8. The minimum absolute atomic E-state index is 0.00746. The topological polar surface area (TPSA) is 168 Å². The van der Waals surface area contributed by atoms with Crippen LogP contribution >= 0.6 is 0 Å². The number of methoxy groups -OCH3 is 3. The highest BCUT2D eigenvalue weighted by Crippen LogP contribution is 2.45. The molecule has 5 atom stereocenters. The minimum atomic E-state index is -1.69. The van der Waals surface area contributed by atoms with Crippen LogP contribution < -0.4 is 19.6 Å².